The Morgan fingerprint density at radius 1 is 1.07 bits per heavy atom. The molecule has 1 atom stereocenters. The summed E-state index contributed by atoms with van der Waals surface area (Å²) in [5, 5.41) is 2.87. The third kappa shape index (κ3) is 6.12. The van der Waals surface area contributed by atoms with E-state index in [0.717, 1.165) is 23.1 Å². The van der Waals surface area contributed by atoms with Crippen molar-refractivity contribution in [3.63, 3.8) is 0 Å². The number of hydrogen-bond donors (Lipinski definition) is 1. The Morgan fingerprint density at radius 2 is 1.75 bits per heavy atom. The van der Waals surface area contributed by atoms with Gasteiger partial charge in [-0.25, -0.2) is 0 Å². The van der Waals surface area contributed by atoms with Gasteiger partial charge in [-0.1, -0.05) is 55.0 Å². The van der Waals surface area contributed by atoms with Gasteiger partial charge >= 0.3 is 0 Å². The van der Waals surface area contributed by atoms with E-state index in [9.17, 15) is 9.59 Å². The molecule has 2 aromatic carbocycles. The molecule has 0 bridgehead atoms. The molecule has 2 aromatic rings. The predicted molar refractivity (Wildman–Crippen MR) is 111 cm³/mol. The standard InChI is InChI=1S/C23H30N2O3/c1-5-14-24-23(27)19(4)25(15-20-12-10-17(2)11-13-20)22(26)16-28-21-9-7-6-8-18(21)3/h6-13,19H,5,14-16H2,1-4H3,(H,24,27). The van der Waals surface area contributed by atoms with Crippen LogP contribution in [0.3, 0.4) is 0 Å². The highest BCUT2D eigenvalue weighted by Gasteiger charge is 2.26. The van der Waals surface area contributed by atoms with E-state index >= 15 is 0 Å². The average molecular weight is 383 g/mol. The van der Waals surface area contributed by atoms with E-state index in [1.807, 2.05) is 69.3 Å². The van der Waals surface area contributed by atoms with Crippen LogP contribution in [0.4, 0.5) is 0 Å². The molecule has 0 heterocycles. The second kappa shape index (κ2) is 10.5. The molecular weight excluding hydrogens is 352 g/mol. The number of nitrogens with one attached hydrogen (secondary N) is 1. The topological polar surface area (TPSA) is 58.6 Å². The van der Waals surface area contributed by atoms with E-state index in [4.69, 9.17) is 4.74 Å². The zero-order valence-electron chi connectivity index (χ0n) is 17.2. The van der Waals surface area contributed by atoms with Gasteiger partial charge in [0.2, 0.25) is 5.91 Å². The Hall–Kier alpha value is -2.82. The number of carbonyl (C=O) groups is 2. The zero-order valence-corrected chi connectivity index (χ0v) is 17.2. The van der Waals surface area contributed by atoms with Crippen molar-refractivity contribution >= 4 is 11.8 Å². The lowest BCUT2D eigenvalue weighted by atomic mass is 10.1. The molecule has 0 aliphatic heterocycles. The van der Waals surface area contributed by atoms with Gasteiger partial charge in [-0.2, -0.15) is 0 Å². The molecule has 0 fully saturated rings. The summed E-state index contributed by atoms with van der Waals surface area (Å²) >= 11 is 0. The minimum absolute atomic E-state index is 0.109. The third-order valence-corrected chi connectivity index (χ3v) is 4.63. The van der Waals surface area contributed by atoms with E-state index in [0.29, 0.717) is 18.8 Å². The summed E-state index contributed by atoms with van der Waals surface area (Å²) in [5.41, 5.74) is 3.09. The Bertz CT molecular complexity index is 787. The number of nitrogens with zero attached hydrogens (tertiary/aromatic N) is 1. The van der Waals surface area contributed by atoms with E-state index in [2.05, 4.69) is 5.32 Å². The van der Waals surface area contributed by atoms with Crippen LogP contribution in [0.5, 0.6) is 5.75 Å². The van der Waals surface area contributed by atoms with Crippen molar-refractivity contribution in [3.8, 4) is 5.75 Å². The molecule has 0 aliphatic rings. The van der Waals surface area contributed by atoms with E-state index in [1.54, 1.807) is 11.8 Å². The molecule has 0 saturated carbocycles. The van der Waals surface area contributed by atoms with Gasteiger partial charge in [0.25, 0.3) is 5.91 Å². The van der Waals surface area contributed by atoms with Crippen LogP contribution in [0.2, 0.25) is 0 Å². The van der Waals surface area contributed by atoms with Crippen LogP contribution in [0, 0.1) is 13.8 Å². The lowest BCUT2D eigenvalue weighted by Crippen LogP contribution is -2.49. The van der Waals surface area contributed by atoms with Gasteiger partial charge in [0, 0.05) is 13.1 Å². The molecule has 5 heteroatoms. The number of carbonyl (C=O) groups excluding carboxylic acids is 2. The first-order chi connectivity index (χ1) is 13.4. The minimum atomic E-state index is -0.583. The van der Waals surface area contributed by atoms with Gasteiger partial charge in [-0.15, -0.1) is 0 Å². The van der Waals surface area contributed by atoms with Gasteiger partial charge in [-0.3, -0.25) is 9.59 Å². The predicted octanol–water partition coefficient (Wildman–Crippen LogP) is 3.63. The maximum Gasteiger partial charge on any atom is 0.261 e. The third-order valence-electron chi connectivity index (χ3n) is 4.63. The van der Waals surface area contributed by atoms with Crippen LogP contribution in [-0.4, -0.2) is 35.9 Å². The number of benzene rings is 2. The molecule has 0 radical (unpaired) electrons. The Morgan fingerprint density at radius 3 is 2.39 bits per heavy atom. The van der Waals surface area contributed by atoms with Crippen molar-refractivity contribution in [2.24, 2.45) is 0 Å². The highest BCUT2D eigenvalue weighted by molar-refractivity contribution is 5.87. The first kappa shape index (κ1) is 21.5. The summed E-state index contributed by atoms with van der Waals surface area (Å²) in [6, 6.07) is 15.0. The molecule has 0 aliphatic carbocycles. The number of ether oxygens (including phenoxy) is 1. The zero-order chi connectivity index (χ0) is 20.5. The molecule has 0 aromatic heterocycles. The molecule has 0 spiro atoms. The SMILES string of the molecule is CCCNC(=O)C(C)N(Cc1ccc(C)cc1)C(=O)COc1ccccc1C. The van der Waals surface area contributed by atoms with Gasteiger partial charge < -0.3 is 15.0 Å². The lowest BCUT2D eigenvalue weighted by molar-refractivity contribution is -0.142. The second-order valence-electron chi connectivity index (χ2n) is 7.03. The van der Waals surface area contributed by atoms with Crippen molar-refractivity contribution in [2.45, 2.75) is 46.7 Å². The van der Waals surface area contributed by atoms with Crippen molar-refractivity contribution < 1.29 is 14.3 Å². The first-order valence-electron chi connectivity index (χ1n) is 9.73. The van der Waals surface area contributed by atoms with Crippen LogP contribution in [-0.2, 0) is 16.1 Å². The summed E-state index contributed by atoms with van der Waals surface area (Å²) in [6.07, 6.45) is 0.848. The molecule has 1 N–H and O–H groups in total. The van der Waals surface area contributed by atoms with Crippen molar-refractivity contribution in [1.29, 1.82) is 0 Å². The van der Waals surface area contributed by atoms with Crippen LogP contribution < -0.4 is 10.1 Å². The smallest absolute Gasteiger partial charge is 0.261 e. The fourth-order valence-electron chi connectivity index (χ4n) is 2.81. The molecule has 1 unspecified atom stereocenters. The van der Waals surface area contributed by atoms with Gasteiger partial charge in [-0.05, 0) is 44.4 Å². The molecule has 2 amide bonds. The number of hydrogen-bond acceptors (Lipinski definition) is 3. The average Bonchev–Trinajstić information content (AvgIpc) is 2.70. The number of para-hydroxylation sites is 1. The lowest BCUT2D eigenvalue weighted by Gasteiger charge is -2.29. The molecule has 0 saturated heterocycles. The maximum atomic E-state index is 12.9. The normalized spacial score (nSPS) is 11.6. The fourth-order valence-corrected chi connectivity index (χ4v) is 2.81. The summed E-state index contributed by atoms with van der Waals surface area (Å²) in [6.45, 7) is 8.55. The number of amides is 2. The number of aryl methyl sites for hydroxylation is 2. The molecule has 28 heavy (non-hydrogen) atoms. The Kier molecular flexibility index (Phi) is 8.05. The second-order valence-corrected chi connectivity index (χ2v) is 7.03. The molecule has 5 nitrogen and oxygen atoms in total. The first-order valence-corrected chi connectivity index (χ1v) is 9.73. The van der Waals surface area contributed by atoms with Gasteiger partial charge in [0.05, 0.1) is 0 Å². The highest BCUT2D eigenvalue weighted by Crippen LogP contribution is 2.17. The summed E-state index contributed by atoms with van der Waals surface area (Å²) in [7, 11) is 0. The van der Waals surface area contributed by atoms with E-state index < -0.39 is 6.04 Å². The monoisotopic (exact) mass is 382 g/mol. The van der Waals surface area contributed by atoms with Crippen LogP contribution >= 0.6 is 0 Å². The van der Waals surface area contributed by atoms with E-state index in [-0.39, 0.29) is 18.4 Å². The van der Waals surface area contributed by atoms with Crippen molar-refractivity contribution in [2.75, 3.05) is 13.2 Å². The Balaban J connectivity index is 2.13. The van der Waals surface area contributed by atoms with Gasteiger partial charge in [0.1, 0.15) is 11.8 Å². The van der Waals surface area contributed by atoms with Crippen molar-refractivity contribution in [1.82, 2.24) is 10.2 Å². The number of rotatable bonds is 9. The fraction of sp³-hybridized carbons (Fsp3) is 0.391. The Labute approximate surface area is 167 Å². The van der Waals surface area contributed by atoms with E-state index in [1.165, 1.54) is 0 Å². The summed E-state index contributed by atoms with van der Waals surface area (Å²) < 4.78 is 5.72. The van der Waals surface area contributed by atoms with Crippen LogP contribution in [0.15, 0.2) is 48.5 Å². The molecule has 2 rings (SSSR count). The molecular formula is C23H30N2O3. The largest absolute Gasteiger partial charge is 0.484 e. The quantitative estimate of drug-likeness (QED) is 0.721. The molecule has 150 valence electrons. The summed E-state index contributed by atoms with van der Waals surface area (Å²) in [5.74, 6) is 0.301. The van der Waals surface area contributed by atoms with Crippen LogP contribution in [0.25, 0.3) is 0 Å². The van der Waals surface area contributed by atoms with Gasteiger partial charge in [0.15, 0.2) is 6.61 Å². The van der Waals surface area contributed by atoms with Crippen LogP contribution in [0.1, 0.15) is 37.0 Å². The maximum absolute atomic E-state index is 12.9. The van der Waals surface area contributed by atoms with Crippen molar-refractivity contribution in [3.05, 3.63) is 65.2 Å². The summed E-state index contributed by atoms with van der Waals surface area (Å²) in [4.78, 5) is 27.0. The highest BCUT2D eigenvalue weighted by atomic mass is 16.5. The minimum Gasteiger partial charge on any atom is -0.484 e.